The second kappa shape index (κ2) is 5.49. The van der Waals surface area contributed by atoms with Gasteiger partial charge in [-0.15, -0.1) is 0 Å². The minimum absolute atomic E-state index is 0.0320. The van der Waals surface area contributed by atoms with Crippen LogP contribution >= 0.6 is 0 Å². The summed E-state index contributed by atoms with van der Waals surface area (Å²) in [6, 6.07) is 0. The monoisotopic (exact) mass is 243 g/mol. The molecule has 0 radical (unpaired) electrons. The van der Waals surface area contributed by atoms with Gasteiger partial charge in [-0.25, -0.2) is 0 Å². The Morgan fingerprint density at radius 1 is 1.41 bits per heavy atom. The Hall–Kier alpha value is -1.10. The predicted octanol–water partition coefficient (Wildman–Crippen LogP) is 1.27. The van der Waals surface area contributed by atoms with Gasteiger partial charge in [0.25, 0.3) is 5.91 Å². The number of rotatable bonds is 4. The van der Waals surface area contributed by atoms with E-state index < -0.39 is 5.97 Å². The van der Waals surface area contributed by atoms with Crippen molar-refractivity contribution >= 4 is 11.9 Å². The Balaban J connectivity index is 2.68. The van der Waals surface area contributed by atoms with Crippen molar-refractivity contribution in [3.05, 3.63) is 0 Å². The van der Waals surface area contributed by atoms with Crippen molar-refractivity contribution in [3.8, 4) is 0 Å². The van der Waals surface area contributed by atoms with Crippen molar-refractivity contribution in [1.82, 2.24) is 4.90 Å². The molecule has 0 aromatic heterocycles. The molecule has 0 aliphatic carbocycles. The van der Waals surface area contributed by atoms with Crippen molar-refractivity contribution in [1.29, 1.82) is 0 Å². The summed E-state index contributed by atoms with van der Waals surface area (Å²) in [5.74, 6) is -0.976. The molecule has 1 amide bonds. The lowest BCUT2D eigenvalue weighted by Gasteiger charge is -2.36. The van der Waals surface area contributed by atoms with Gasteiger partial charge in [0, 0.05) is 18.7 Å². The zero-order chi connectivity index (χ0) is 13.1. The number of hydrogen-bond donors (Lipinski definition) is 1. The number of aliphatic carboxylic acids is 1. The molecule has 0 saturated carbocycles. The maximum absolute atomic E-state index is 12.2. The Morgan fingerprint density at radius 2 is 2.06 bits per heavy atom. The normalized spacial score (nSPS) is 20.3. The molecule has 1 aliphatic rings. The summed E-state index contributed by atoms with van der Waals surface area (Å²) in [6.07, 6.45) is 1.21. The van der Waals surface area contributed by atoms with Gasteiger partial charge < -0.3 is 14.7 Å². The fourth-order valence-corrected chi connectivity index (χ4v) is 1.93. The second-order valence-electron chi connectivity index (χ2n) is 5.31. The summed E-state index contributed by atoms with van der Waals surface area (Å²) in [4.78, 5) is 24.4. The average Bonchev–Trinajstić information content (AvgIpc) is 2.67. The van der Waals surface area contributed by atoms with E-state index in [2.05, 4.69) is 0 Å². The molecule has 1 heterocycles. The molecule has 5 heteroatoms. The quantitative estimate of drug-likeness (QED) is 0.807. The van der Waals surface area contributed by atoms with E-state index in [1.807, 2.05) is 20.8 Å². The molecule has 98 valence electrons. The van der Waals surface area contributed by atoms with Gasteiger partial charge in [0.15, 0.2) is 0 Å². The Labute approximate surface area is 102 Å². The minimum atomic E-state index is -0.889. The van der Waals surface area contributed by atoms with Gasteiger partial charge in [0.2, 0.25) is 0 Å². The van der Waals surface area contributed by atoms with Gasteiger partial charge >= 0.3 is 5.97 Å². The van der Waals surface area contributed by atoms with Crippen LogP contribution in [0, 0.1) is 0 Å². The maximum Gasteiger partial charge on any atom is 0.305 e. The molecule has 0 spiro atoms. The van der Waals surface area contributed by atoms with Crippen LogP contribution in [0.4, 0.5) is 0 Å². The van der Waals surface area contributed by atoms with Crippen molar-refractivity contribution in [2.24, 2.45) is 0 Å². The first-order valence-corrected chi connectivity index (χ1v) is 5.97. The highest BCUT2D eigenvalue weighted by molar-refractivity contribution is 5.82. The van der Waals surface area contributed by atoms with E-state index >= 15 is 0 Å². The molecule has 1 rings (SSSR count). The van der Waals surface area contributed by atoms with Crippen LogP contribution in [0.2, 0.25) is 0 Å². The van der Waals surface area contributed by atoms with Crippen LogP contribution in [0.15, 0.2) is 0 Å². The van der Waals surface area contributed by atoms with Crippen molar-refractivity contribution in [2.45, 2.75) is 51.7 Å². The van der Waals surface area contributed by atoms with Gasteiger partial charge in [-0.3, -0.25) is 9.59 Å². The summed E-state index contributed by atoms with van der Waals surface area (Å²) >= 11 is 0. The lowest BCUT2D eigenvalue weighted by atomic mass is 10.0. The Bertz CT molecular complexity index is 289. The number of carbonyl (C=O) groups excluding carboxylic acids is 1. The number of amides is 1. The zero-order valence-electron chi connectivity index (χ0n) is 10.7. The number of carboxylic acid groups (broad SMARTS) is 1. The van der Waals surface area contributed by atoms with Gasteiger partial charge in [-0.05, 0) is 33.6 Å². The third kappa shape index (κ3) is 4.00. The number of carboxylic acids is 1. The highest BCUT2D eigenvalue weighted by Crippen LogP contribution is 2.21. The van der Waals surface area contributed by atoms with Crippen LogP contribution in [0.1, 0.15) is 40.0 Å². The molecule has 1 saturated heterocycles. The lowest BCUT2D eigenvalue weighted by molar-refractivity contribution is -0.147. The van der Waals surface area contributed by atoms with Crippen molar-refractivity contribution in [3.63, 3.8) is 0 Å². The molecule has 5 nitrogen and oxygen atoms in total. The number of ether oxygens (including phenoxy) is 1. The molecule has 1 N–H and O–H groups in total. The standard InChI is InChI=1S/C12H21NO4/c1-12(2,3)13(7-6-10(14)15)11(16)9-5-4-8-17-9/h9H,4-8H2,1-3H3,(H,14,15)/t9-/m1/s1. The van der Waals surface area contributed by atoms with E-state index in [4.69, 9.17) is 9.84 Å². The topological polar surface area (TPSA) is 66.8 Å². The number of carbonyl (C=O) groups is 2. The molecule has 1 fully saturated rings. The van der Waals surface area contributed by atoms with Gasteiger partial charge in [-0.2, -0.15) is 0 Å². The van der Waals surface area contributed by atoms with E-state index in [0.717, 1.165) is 12.8 Å². The summed E-state index contributed by atoms with van der Waals surface area (Å²) in [6.45, 7) is 6.57. The molecular weight excluding hydrogens is 222 g/mol. The minimum Gasteiger partial charge on any atom is -0.481 e. The second-order valence-corrected chi connectivity index (χ2v) is 5.31. The van der Waals surface area contributed by atoms with Crippen LogP contribution in [-0.2, 0) is 14.3 Å². The molecule has 0 unspecified atom stereocenters. The first-order chi connectivity index (χ1) is 7.82. The summed E-state index contributed by atoms with van der Waals surface area (Å²) < 4.78 is 5.36. The predicted molar refractivity (Wildman–Crippen MR) is 62.7 cm³/mol. The van der Waals surface area contributed by atoms with Crippen LogP contribution in [0.3, 0.4) is 0 Å². The molecule has 1 atom stereocenters. The molecule has 0 bridgehead atoms. The molecule has 1 aliphatic heterocycles. The first kappa shape index (κ1) is 14.0. The highest BCUT2D eigenvalue weighted by atomic mass is 16.5. The largest absolute Gasteiger partial charge is 0.481 e. The average molecular weight is 243 g/mol. The summed E-state index contributed by atoms with van der Waals surface area (Å²) in [5, 5.41) is 8.71. The van der Waals surface area contributed by atoms with E-state index in [9.17, 15) is 9.59 Å². The van der Waals surface area contributed by atoms with E-state index in [0.29, 0.717) is 6.61 Å². The highest BCUT2D eigenvalue weighted by Gasteiger charge is 2.34. The zero-order valence-corrected chi connectivity index (χ0v) is 10.7. The van der Waals surface area contributed by atoms with Crippen LogP contribution in [0.25, 0.3) is 0 Å². The number of hydrogen-bond acceptors (Lipinski definition) is 3. The van der Waals surface area contributed by atoms with Crippen LogP contribution in [-0.4, -0.2) is 46.7 Å². The Morgan fingerprint density at radius 3 is 2.47 bits per heavy atom. The third-order valence-electron chi connectivity index (χ3n) is 2.83. The molecular formula is C12H21NO4. The van der Waals surface area contributed by atoms with Gasteiger partial charge in [-0.1, -0.05) is 0 Å². The fraction of sp³-hybridized carbons (Fsp3) is 0.833. The third-order valence-corrected chi connectivity index (χ3v) is 2.83. The summed E-state index contributed by atoms with van der Waals surface area (Å²) in [7, 11) is 0. The van der Waals surface area contributed by atoms with Gasteiger partial charge in [0.1, 0.15) is 6.10 Å². The molecule has 0 aromatic carbocycles. The summed E-state index contributed by atoms with van der Waals surface area (Å²) in [5.41, 5.74) is -0.377. The van der Waals surface area contributed by atoms with E-state index in [1.165, 1.54) is 0 Å². The van der Waals surface area contributed by atoms with Crippen LogP contribution in [0.5, 0.6) is 0 Å². The maximum atomic E-state index is 12.2. The number of nitrogens with zero attached hydrogens (tertiary/aromatic N) is 1. The Kier molecular flexibility index (Phi) is 4.51. The lowest BCUT2D eigenvalue weighted by Crippen LogP contribution is -2.50. The first-order valence-electron chi connectivity index (χ1n) is 5.97. The van der Waals surface area contributed by atoms with Crippen molar-refractivity contribution < 1.29 is 19.4 Å². The SMILES string of the molecule is CC(C)(C)N(CCC(=O)O)C(=O)[C@H]1CCCO1. The smallest absolute Gasteiger partial charge is 0.305 e. The van der Waals surface area contributed by atoms with Crippen molar-refractivity contribution in [2.75, 3.05) is 13.2 Å². The fourth-order valence-electron chi connectivity index (χ4n) is 1.93. The van der Waals surface area contributed by atoms with Crippen LogP contribution < -0.4 is 0 Å². The van der Waals surface area contributed by atoms with E-state index in [1.54, 1.807) is 4.90 Å². The van der Waals surface area contributed by atoms with Gasteiger partial charge in [0.05, 0.1) is 6.42 Å². The van der Waals surface area contributed by atoms with E-state index in [-0.39, 0.29) is 30.5 Å². The molecule has 0 aromatic rings. The molecule has 17 heavy (non-hydrogen) atoms.